The van der Waals surface area contributed by atoms with Gasteiger partial charge in [0.2, 0.25) is 0 Å². The molecule has 5 nitrogen and oxygen atoms in total. The van der Waals surface area contributed by atoms with Gasteiger partial charge in [-0.1, -0.05) is 42.7 Å². The Hall–Kier alpha value is -1.18. The van der Waals surface area contributed by atoms with Gasteiger partial charge in [-0.05, 0) is 25.0 Å². The average Bonchev–Trinajstić information content (AvgIpc) is 2.80. The molecule has 1 aromatic carbocycles. The molecule has 0 atom stereocenters. The van der Waals surface area contributed by atoms with Crippen molar-refractivity contribution < 1.29 is 8.42 Å². The first-order chi connectivity index (χ1) is 9.62. The molecule has 0 saturated heterocycles. The van der Waals surface area contributed by atoms with Crippen molar-refractivity contribution in [2.75, 3.05) is 4.72 Å². The lowest BCUT2D eigenvalue weighted by Crippen LogP contribution is -2.39. The molecule has 7 heteroatoms. The first-order valence-corrected chi connectivity index (χ1v) is 9.08. The molecule has 1 aliphatic carbocycles. The molecule has 1 aliphatic rings. The molecule has 0 spiro atoms. The standard InChI is InChI=1S/C13H17N3O2S2/c17-20(18,15-10-6-2-1-3-7-10)16-13-14-11-8-4-5-9-12(11)19-13/h4-5,8-10,15H,1-3,6-7H2,(H,14,16). The van der Waals surface area contributed by atoms with Crippen LogP contribution in [0.5, 0.6) is 0 Å². The van der Waals surface area contributed by atoms with Gasteiger partial charge in [-0.2, -0.15) is 13.1 Å². The summed E-state index contributed by atoms with van der Waals surface area (Å²) in [5.41, 5.74) is 0.813. The van der Waals surface area contributed by atoms with Crippen molar-refractivity contribution in [1.29, 1.82) is 0 Å². The Balaban J connectivity index is 1.71. The predicted octanol–water partition coefficient (Wildman–Crippen LogP) is 2.88. The van der Waals surface area contributed by atoms with Crippen LogP contribution in [0.15, 0.2) is 24.3 Å². The van der Waals surface area contributed by atoms with Gasteiger partial charge in [-0.15, -0.1) is 0 Å². The monoisotopic (exact) mass is 311 g/mol. The van der Waals surface area contributed by atoms with E-state index in [1.54, 1.807) is 0 Å². The molecule has 1 saturated carbocycles. The Kier molecular flexibility index (Phi) is 3.91. The van der Waals surface area contributed by atoms with E-state index < -0.39 is 10.2 Å². The highest BCUT2D eigenvalue weighted by atomic mass is 32.2. The van der Waals surface area contributed by atoms with Crippen molar-refractivity contribution in [2.45, 2.75) is 38.1 Å². The summed E-state index contributed by atoms with van der Waals surface area (Å²) in [5, 5.41) is 0.412. The summed E-state index contributed by atoms with van der Waals surface area (Å²) in [7, 11) is -3.53. The number of aromatic nitrogens is 1. The zero-order valence-electron chi connectivity index (χ0n) is 11.0. The Morgan fingerprint density at radius 1 is 1.15 bits per heavy atom. The van der Waals surface area contributed by atoms with Crippen molar-refractivity contribution in [3.63, 3.8) is 0 Å². The van der Waals surface area contributed by atoms with Crippen molar-refractivity contribution >= 4 is 36.9 Å². The quantitative estimate of drug-likeness (QED) is 0.912. The van der Waals surface area contributed by atoms with E-state index in [-0.39, 0.29) is 6.04 Å². The zero-order valence-corrected chi connectivity index (χ0v) is 12.6. The largest absolute Gasteiger partial charge is 0.301 e. The molecule has 3 rings (SSSR count). The van der Waals surface area contributed by atoms with Gasteiger partial charge < -0.3 is 0 Å². The molecule has 0 radical (unpaired) electrons. The lowest BCUT2D eigenvalue weighted by Gasteiger charge is -2.22. The highest BCUT2D eigenvalue weighted by molar-refractivity contribution is 7.91. The Bertz CT molecular complexity index is 657. The second-order valence-electron chi connectivity index (χ2n) is 5.05. The highest BCUT2D eigenvalue weighted by Gasteiger charge is 2.20. The SMILES string of the molecule is O=S(=O)(Nc1nc2ccccc2s1)NC1CCCCC1. The summed E-state index contributed by atoms with van der Waals surface area (Å²) in [6, 6.07) is 7.66. The average molecular weight is 311 g/mol. The van der Waals surface area contributed by atoms with E-state index in [0.717, 1.165) is 35.9 Å². The third kappa shape index (κ3) is 3.28. The maximum Gasteiger partial charge on any atom is 0.301 e. The van der Waals surface area contributed by atoms with Gasteiger partial charge in [-0.25, -0.2) is 9.71 Å². The number of para-hydroxylation sites is 1. The van der Waals surface area contributed by atoms with Crippen LogP contribution in [-0.2, 0) is 10.2 Å². The first-order valence-electron chi connectivity index (χ1n) is 6.78. The van der Waals surface area contributed by atoms with E-state index in [1.165, 1.54) is 17.8 Å². The van der Waals surface area contributed by atoms with Crippen LogP contribution < -0.4 is 9.44 Å². The minimum Gasteiger partial charge on any atom is -0.246 e. The van der Waals surface area contributed by atoms with Crippen LogP contribution in [-0.4, -0.2) is 19.4 Å². The molecule has 20 heavy (non-hydrogen) atoms. The number of nitrogens with one attached hydrogen (secondary N) is 2. The highest BCUT2D eigenvalue weighted by Crippen LogP contribution is 2.26. The van der Waals surface area contributed by atoms with Crippen LogP contribution in [0.25, 0.3) is 10.2 Å². The maximum absolute atomic E-state index is 12.1. The Labute approximate surface area is 122 Å². The van der Waals surface area contributed by atoms with Crippen molar-refractivity contribution in [3.05, 3.63) is 24.3 Å². The molecule has 2 aromatic rings. The third-order valence-electron chi connectivity index (χ3n) is 3.44. The number of hydrogen-bond acceptors (Lipinski definition) is 4. The summed E-state index contributed by atoms with van der Waals surface area (Å²) in [4.78, 5) is 4.28. The van der Waals surface area contributed by atoms with E-state index in [9.17, 15) is 8.42 Å². The number of anilines is 1. The second-order valence-corrected chi connectivity index (χ2v) is 7.52. The molecule has 1 fully saturated rings. The molecule has 1 heterocycles. The molecular weight excluding hydrogens is 294 g/mol. The van der Waals surface area contributed by atoms with Gasteiger partial charge >= 0.3 is 10.2 Å². The van der Waals surface area contributed by atoms with E-state index in [4.69, 9.17) is 0 Å². The van der Waals surface area contributed by atoms with Gasteiger partial charge in [0.15, 0.2) is 5.13 Å². The zero-order chi connectivity index (χ0) is 14.0. The van der Waals surface area contributed by atoms with Gasteiger partial charge in [-0.3, -0.25) is 0 Å². The van der Waals surface area contributed by atoms with Crippen molar-refractivity contribution in [3.8, 4) is 0 Å². The fourth-order valence-corrected chi connectivity index (χ4v) is 4.72. The fraction of sp³-hybridized carbons (Fsp3) is 0.462. The normalized spacial score (nSPS) is 17.4. The number of rotatable bonds is 4. The fourth-order valence-electron chi connectivity index (χ4n) is 2.50. The number of nitrogens with zero attached hydrogens (tertiary/aromatic N) is 1. The summed E-state index contributed by atoms with van der Waals surface area (Å²) in [6.45, 7) is 0. The number of benzene rings is 1. The second kappa shape index (κ2) is 5.67. The van der Waals surface area contributed by atoms with E-state index in [0.29, 0.717) is 5.13 Å². The van der Waals surface area contributed by atoms with E-state index >= 15 is 0 Å². The Morgan fingerprint density at radius 2 is 1.90 bits per heavy atom. The van der Waals surface area contributed by atoms with Crippen LogP contribution in [0.3, 0.4) is 0 Å². The molecule has 0 amide bonds. The number of hydrogen-bond donors (Lipinski definition) is 2. The van der Waals surface area contributed by atoms with Gasteiger partial charge in [0, 0.05) is 6.04 Å². The van der Waals surface area contributed by atoms with Gasteiger partial charge in [0.1, 0.15) is 0 Å². The van der Waals surface area contributed by atoms with E-state index in [2.05, 4.69) is 14.4 Å². The van der Waals surface area contributed by atoms with Crippen LogP contribution in [0, 0.1) is 0 Å². The first kappa shape index (κ1) is 13.8. The molecule has 2 N–H and O–H groups in total. The summed E-state index contributed by atoms with van der Waals surface area (Å²) >= 11 is 1.34. The topological polar surface area (TPSA) is 71.1 Å². The predicted molar refractivity (Wildman–Crippen MR) is 82.2 cm³/mol. The molecule has 108 valence electrons. The maximum atomic E-state index is 12.1. The lowest BCUT2D eigenvalue weighted by atomic mass is 9.96. The van der Waals surface area contributed by atoms with Crippen LogP contribution in [0.4, 0.5) is 5.13 Å². The summed E-state index contributed by atoms with van der Waals surface area (Å²) in [5.74, 6) is 0. The van der Waals surface area contributed by atoms with Crippen molar-refractivity contribution in [2.24, 2.45) is 0 Å². The molecule has 1 aromatic heterocycles. The summed E-state index contributed by atoms with van der Waals surface area (Å²) < 4.78 is 30.4. The van der Waals surface area contributed by atoms with Crippen LogP contribution >= 0.6 is 11.3 Å². The molecular formula is C13H17N3O2S2. The number of thiazole rings is 1. The molecule has 0 bridgehead atoms. The van der Waals surface area contributed by atoms with E-state index in [1.807, 2.05) is 24.3 Å². The van der Waals surface area contributed by atoms with Gasteiger partial charge in [0.25, 0.3) is 0 Å². The minimum atomic E-state index is -3.53. The minimum absolute atomic E-state index is 0.0515. The molecule has 0 aliphatic heterocycles. The summed E-state index contributed by atoms with van der Waals surface area (Å²) in [6.07, 6.45) is 5.22. The molecule has 0 unspecified atom stereocenters. The van der Waals surface area contributed by atoms with Gasteiger partial charge in [0.05, 0.1) is 10.2 Å². The van der Waals surface area contributed by atoms with Crippen molar-refractivity contribution in [1.82, 2.24) is 9.71 Å². The Morgan fingerprint density at radius 3 is 2.65 bits per heavy atom. The van der Waals surface area contributed by atoms with Crippen LogP contribution in [0.2, 0.25) is 0 Å². The lowest BCUT2D eigenvalue weighted by molar-refractivity contribution is 0.413. The van der Waals surface area contributed by atoms with Crippen LogP contribution in [0.1, 0.15) is 32.1 Å². The third-order valence-corrected chi connectivity index (χ3v) is 5.63. The smallest absolute Gasteiger partial charge is 0.246 e. The number of fused-ring (bicyclic) bond motifs is 1.